The van der Waals surface area contributed by atoms with Crippen LogP contribution in [0.2, 0.25) is 0 Å². The highest BCUT2D eigenvalue weighted by Gasteiger charge is 2.37. The first-order valence-corrected chi connectivity index (χ1v) is 10.3. The molecule has 0 spiro atoms. The topological polar surface area (TPSA) is 187 Å². The number of ether oxygens (including phenoxy) is 3. The van der Waals surface area contributed by atoms with Crippen molar-refractivity contribution in [1.82, 2.24) is 5.32 Å². The van der Waals surface area contributed by atoms with Gasteiger partial charge in [0.15, 0.2) is 0 Å². The molecule has 0 bridgehead atoms. The van der Waals surface area contributed by atoms with Gasteiger partial charge in [0.1, 0.15) is 23.5 Å². The van der Waals surface area contributed by atoms with Crippen molar-refractivity contribution in [3.63, 3.8) is 0 Å². The second-order valence-corrected chi connectivity index (χ2v) is 7.28. The first-order chi connectivity index (χ1) is 15.8. The number of phenolic OH excluding ortho intramolecular Hbond substituents is 1. The molecule has 0 unspecified atom stereocenters. The van der Waals surface area contributed by atoms with Crippen LogP contribution in [0.4, 0.5) is 5.69 Å². The summed E-state index contributed by atoms with van der Waals surface area (Å²) in [5.41, 5.74) is 5.80. The lowest BCUT2D eigenvalue weighted by Crippen LogP contribution is -2.50. The van der Waals surface area contributed by atoms with Crippen molar-refractivity contribution in [3.8, 4) is 5.75 Å². The maximum Gasteiger partial charge on any atom is 0.373 e. The van der Waals surface area contributed by atoms with Crippen molar-refractivity contribution >= 4 is 23.5 Å². The van der Waals surface area contributed by atoms with Gasteiger partial charge < -0.3 is 35.5 Å². The average Bonchev–Trinajstić information content (AvgIpc) is 2.78. The van der Waals surface area contributed by atoms with Gasteiger partial charge in [-0.05, 0) is 37.1 Å². The molecule has 0 radical (unpaired) electrons. The Balaban J connectivity index is 1.85. The number of hydrogen-bond acceptors (Lipinski definition) is 11. The van der Waals surface area contributed by atoms with Gasteiger partial charge in [-0.3, -0.25) is 4.79 Å². The molecule has 2 rings (SSSR count). The summed E-state index contributed by atoms with van der Waals surface area (Å²) in [6.07, 6.45) is 0.865. The van der Waals surface area contributed by atoms with Gasteiger partial charge in [0.05, 0.1) is 19.3 Å². The predicted molar refractivity (Wildman–Crippen MR) is 115 cm³/mol. The minimum atomic E-state index is -0.980. The number of rotatable bonds is 11. The van der Waals surface area contributed by atoms with E-state index in [2.05, 4.69) is 10.5 Å². The minimum absolute atomic E-state index is 0.000560. The molecule has 1 aromatic carbocycles. The summed E-state index contributed by atoms with van der Waals surface area (Å²) in [5.74, 6) is -2.32. The molecule has 12 nitrogen and oxygen atoms in total. The fourth-order valence-corrected chi connectivity index (χ4v) is 3.19. The van der Waals surface area contributed by atoms with Crippen molar-refractivity contribution in [1.29, 1.82) is 0 Å². The van der Waals surface area contributed by atoms with Crippen LogP contribution in [-0.4, -0.2) is 66.1 Å². The summed E-state index contributed by atoms with van der Waals surface area (Å²) in [6, 6.07) is 2.42. The maximum atomic E-state index is 12.3. The second-order valence-electron chi connectivity index (χ2n) is 7.28. The molecule has 0 saturated heterocycles. The van der Waals surface area contributed by atoms with Crippen LogP contribution in [-0.2, 0) is 23.8 Å². The van der Waals surface area contributed by atoms with Gasteiger partial charge in [-0.15, -0.1) is 0 Å². The van der Waals surface area contributed by atoms with Crippen molar-refractivity contribution in [2.75, 3.05) is 25.6 Å². The molecule has 3 atom stereocenters. The summed E-state index contributed by atoms with van der Waals surface area (Å²) < 4.78 is 15.7. The highest BCUT2D eigenvalue weighted by Crippen LogP contribution is 2.24. The third kappa shape index (κ3) is 7.45. The Morgan fingerprint density at radius 2 is 1.97 bits per heavy atom. The van der Waals surface area contributed by atoms with Gasteiger partial charge in [-0.2, -0.15) is 4.91 Å². The normalized spacial score (nSPS) is 18.3. The van der Waals surface area contributed by atoms with E-state index in [0.717, 1.165) is 0 Å². The van der Waals surface area contributed by atoms with Crippen LogP contribution >= 0.6 is 0 Å². The highest BCUT2D eigenvalue weighted by molar-refractivity contribution is 5.93. The van der Waals surface area contributed by atoms with E-state index in [9.17, 15) is 24.4 Å². The minimum Gasteiger partial charge on any atom is -0.507 e. The van der Waals surface area contributed by atoms with E-state index in [1.54, 1.807) is 0 Å². The lowest BCUT2D eigenvalue weighted by Gasteiger charge is -2.33. The Morgan fingerprint density at radius 3 is 2.61 bits per heavy atom. The quantitative estimate of drug-likeness (QED) is 0.119. The zero-order valence-electron chi connectivity index (χ0n) is 18.1. The molecule has 1 aromatic rings. The third-order valence-electron chi connectivity index (χ3n) is 4.74. The standard InChI is InChI=1S/C21H27N3O9/c1-12(26)23-15-4-6-18(33-19(15)16(24-30)7-8-25)21(29)32-10-2-9-31-20(28)14-11-13(22)3-5-17(14)27/h3,5-6,11,15-16,19,25,27H,2,4,7-10,22H2,1H3,(H,23,26)/t15-,16-,19-/m1/s1. The molecule has 1 aliphatic heterocycles. The number of aliphatic hydroxyl groups excluding tert-OH is 1. The molecule has 0 fully saturated rings. The molecule has 1 aliphatic rings. The largest absolute Gasteiger partial charge is 0.507 e. The number of carbonyl (C=O) groups excluding carboxylic acids is 3. The fraction of sp³-hybridized carbons (Fsp3) is 0.476. The molecular formula is C21H27N3O9. The molecule has 180 valence electrons. The van der Waals surface area contributed by atoms with Crippen LogP contribution in [0.25, 0.3) is 0 Å². The number of nitroso groups, excluding NO2 is 1. The van der Waals surface area contributed by atoms with Gasteiger partial charge in [0, 0.05) is 25.6 Å². The van der Waals surface area contributed by atoms with E-state index in [4.69, 9.17) is 25.1 Å². The summed E-state index contributed by atoms with van der Waals surface area (Å²) in [4.78, 5) is 46.9. The molecule has 0 aliphatic carbocycles. The molecule has 1 amide bonds. The molecule has 1 heterocycles. The third-order valence-corrected chi connectivity index (χ3v) is 4.74. The Hall–Kier alpha value is -3.67. The second kappa shape index (κ2) is 12.4. The van der Waals surface area contributed by atoms with E-state index in [1.807, 2.05) is 0 Å². The number of anilines is 1. The van der Waals surface area contributed by atoms with Crippen LogP contribution in [0.1, 0.15) is 36.5 Å². The number of nitrogen functional groups attached to an aromatic ring is 1. The summed E-state index contributed by atoms with van der Waals surface area (Å²) in [7, 11) is 0. The van der Waals surface area contributed by atoms with E-state index >= 15 is 0 Å². The Labute approximate surface area is 189 Å². The predicted octanol–water partition coefficient (Wildman–Crippen LogP) is 0.759. The number of phenols is 1. The van der Waals surface area contributed by atoms with Crippen LogP contribution in [0.5, 0.6) is 5.75 Å². The summed E-state index contributed by atoms with van der Waals surface area (Å²) in [6.45, 7) is 0.808. The van der Waals surface area contributed by atoms with Crippen molar-refractivity contribution in [2.45, 2.75) is 44.4 Å². The maximum absolute atomic E-state index is 12.3. The first kappa shape index (κ1) is 25.6. The molecular weight excluding hydrogens is 438 g/mol. The average molecular weight is 465 g/mol. The molecule has 12 heteroatoms. The zero-order valence-corrected chi connectivity index (χ0v) is 18.1. The van der Waals surface area contributed by atoms with Gasteiger partial charge in [0.2, 0.25) is 11.7 Å². The molecule has 33 heavy (non-hydrogen) atoms. The number of benzene rings is 1. The van der Waals surface area contributed by atoms with E-state index in [0.29, 0.717) is 5.69 Å². The number of aromatic hydroxyl groups is 1. The summed E-state index contributed by atoms with van der Waals surface area (Å²) in [5, 5.41) is 24.4. The van der Waals surface area contributed by atoms with Crippen molar-refractivity contribution < 1.29 is 38.8 Å². The molecule has 0 aromatic heterocycles. The number of hydrogen-bond donors (Lipinski definition) is 4. The fourth-order valence-electron chi connectivity index (χ4n) is 3.19. The Kier molecular flexibility index (Phi) is 9.61. The van der Waals surface area contributed by atoms with Crippen LogP contribution < -0.4 is 11.1 Å². The Morgan fingerprint density at radius 1 is 1.27 bits per heavy atom. The number of aliphatic hydroxyl groups is 1. The van der Waals surface area contributed by atoms with Crippen LogP contribution in [0.15, 0.2) is 35.2 Å². The van der Waals surface area contributed by atoms with Crippen molar-refractivity contribution in [2.24, 2.45) is 5.18 Å². The SMILES string of the molecule is CC(=O)N[C@@H]1CC=C(C(=O)OCCCOC(=O)c2cc(N)ccc2O)O[C@H]1[C@@H](CCO)N=O. The number of nitrogens with one attached hydrogen (secondary N) is 1. The number of esters is 2. The monoisotopic (exact) mass is 465 g/mol. The molecule has 5 N–H and O–H groups in total. The number of nitrogens with zero attached hydrogens (tertiary/aromatic N) is 1. The van der Waals surface area contributed by atoms with Gasteiger partial charge in [0.25, 0.3) is 0 Å². The van der Waals surface area contributed by atoms with Crippen LogP contribution in [0, 0.1) is 4.91 Å². The Bertz CT molecular complexity index is 903. The van der Waals surface area contributed by atoms with Gasteiger partial charge in [-0.1, -0.05) is 5.18 Å². The van der Waals surface area contributed by atoms with E-state index in [-0.39, 0.29) is 62.1 Å². The number of carbonyl (C=O) groups is 3. The number of amides is 1. The van der Waals surface area contributed by atoms with Crippen LogP contribution in [0.3, 0.4) is 0 Å². The zero-order chi connectivity index (χ0) is 24.4. The summed E-state index contributed by atoms with van der Waals surface area (Å²) >= 11 is 0. The lowest BCUT2D eigenvalue weighted by molar-refractivity contribution is -0.145. The van der Waals surface area contributed by atoms with E-state index in [1.165, 1.54) is 31.2 Å². The van der Waals surface area contributed by atoms with Gasteiger partial charge in [-0.25, -0.2) is 9.59 Å². The van der Waals surface area contributed by atoms with Crippen molar-refractivity contribution in [3.05, 3.63) is 40.5 Å². The molecule has 0 saturated carbocycles. The smallest absolute Gasteiger partial charge is 0.373 e. The highest BCUT2D eigenvalue weighted by atomic mass is 16.6. The lowest BCUT2D eigenvalue weighted by atomic mass is 9.96. The number of nitrogens with two attached hydrogens (primary N) is 1. The van der Waals surface area contributed by atoms with Gasteiger partial charge >= 0.3 is 11.9 Å². The first-order valence-electron chi connectivity index (χ1n) is 10.3. The van der Waals surface area contributed by atoms with E-state index < -0.39 is 30.1 Å².